The van der Waals surface area contributed by atoms with E-state index in [2.05, 4.69) is 5.32 Å². The van der Waals surface area contributed by atoms with Crippen molar-refractivity contribution in [2.75, 3.05) is 19.0 Å². The van der Waals surface area contributed by atoms with Crippen LogP contribution in [-0.4, -0.2) is 31.4 Å². The minimum Gasteiger partial charge on any atom is -0.497 e. The number of rotatable bonds is 7. The summed E-state index contributed by atoms with van der Waals surface area (Å²) in [6.45, 7) is -0.380. The van der Waals surface area contributed by atoms with Gasteiger partial charge in [0.15, 0.2) is 12.4 Å². The van der Waals surface area contributed by atoms with Gasteiger partial charge in [-0.15, -0.1) is 0 Å². The number of halogens is 1. The van der Waals surface area contributed by atoms with Crippen molar-refractivity contribution in [3.8, 4) is 5.75 Å². The monoisotopic (exact) mass is 423 g/mol. The van der Waals surface area contributed by atoms with Crippen LogP contribution in [-0.2, 0) is 4.74 Å². The summed E-state index contributed by atoms with van der Waals surface area (Å²) in [7, 11) is 1.53. The zero-order chi connectivity index (χ0) is 21.5. The Labute approximate surface area is 178 Å². The molecule has 0 bridgehead atoms. The molecule has 0 radical (unpaired) electrons. The minimum absolute atomic E-state index is 0.262. The summed E-state index contributed by atoms with van der Waals surface area (Å²) in [4.78, 5) is 36.6. The average Bonchev–Trinajstić information content (AvgIpc) is 2.78. The molecule has 0 aliphatic carbocycles. The quantitative estimate of drug-likeness (QED) is 0.442. The molecule has 152 valence electrons. The number of carbonyl (C=O) groups excluding carboxylic acids is 3. The van der Waals surface area contributed by atoms with E-state index in [4.69, 9.17) is 21.1 Å². The topological polar surface area (TPSA) is 81.7 Å². The molecule has 0 spiro atoms. The molecule has 0 atom stereocenters. The predicted octanol–water partition coefficient (Wildman–Crippen LogP) is 4.64. The van der Waals surface area contributed by atoms with Crippen LogP contribution < -0.4 is 10.1 Å². The average molecular weight is 424 g/mol. The fraction of sp³-hybridized carbons (Fsp3) is 0.0870. The lowest BCUT2D eigenvalue weighted by molar-refractivity contribution is 0.0475. The van der Waals surface area contributed by atoms with Gasteiger partial charge in [0.25, 0.3) is 5.91 Å². The van der Waals surface area contributed by atoms with E-state index in [0.29, 0.717) is 27.6 Å². The van der Waals surface area contributed by atoms with E-state index in [1.165, 1.54) is 19.2 Å². The molecule has 7 heteroatoms. The molecule has 0 aliphatic rings. The molecule has 1 amide bonds. The second kappa shape index (κ2) is 9.71. The maximum absolute atomic E-state index is 12.3. The van der Waals surface area contributed by atoms with Crippen molar-refractivity contribution >= 4 is 34.9 Å². The summed E-state index contributed by atoms with van der Waals surface area (Å²) in [6, 6.07) is 19.3. The van der Waals surface area contributed by atoms with E-state index in [9.17, 15) is 14.4 Å². The van der Waals surface area contributed by atoms with Gasteiger partial charge in [-0.1, -0.05) is 17.7 Å². The van der Waals surface area contributed by atoms with Crippen LogP contribution >= 0.6 is 11.6 Å². The highest BCUT2D eigenvalue weighted by Gasteiger charge is 2.13. The molecule has 0 aliphatic heterocycles. The second-order valence-corrected chi connectivity index (χ2v) is 6.71. The van der Waals surface area contributed by atoms with E-state index < -0.39 is 5.97 Å². The number of ether oxygens (including phenoxy) is 2. The van der Waals surface area contributed by atoms with Gasteiger partial charge in [-0.05, 0) is 66.7 Å². The Kier molecular flexibility index (Phi) is 6.83. The molecule has 30 heavy (non-hydrogen) atoms. The predicted molar refractivity (Wildman–Crippen MR) is 113 cm³/mol. The maximum Gasteiger partial charge on any atom is 0.338 e. The van der Waals surface area contributed by atoms with Crippen LogP contribution in [0.15, 0.2) is 72.8 Å². The number of benzene rings is 3. The van der Waals surface area contributed by atoms with Gasteiger partial charge in [0.1, 0.15) is 5.75 Å². The Morgan fingerprint density at radius 2 is 1.53 bits per heavy atom. The number of hydrogen-bond donors (Lipinski definition) is 1. The molecule has 0 unspecified atom stereocenters. The Bertz CT molecular complexity index is 1060. The fourth-order valence-corrected chi connectivity index (χ4v) is 2.72. The summed E-state index contributed by atoms with van der Waals surface area (Å²) >= 11 is 5.79. The van der Waals surface area contributed by atoms with E-state index in [0.717, 1.165) is 0 Å². The van der Waals surface area contributed by atoms with Crippen molar-refractivity contribution in [3.05, 3.63) is 94.5 Å². The van der Waals surface area contributed by atoms with Gasteiger partial charge >= 0.3 is 5.97 Å². The number of Topliss-reactive ketones (excluding diaryl/α,β-unsaturated/α-hetero) is 1. The van der Waals surface area contributed by atoms with E-state index in [1.807, 2.05) is 0 Å². The van der Waals surface area contributed by atoms with Crippen LogP contribution in [0.2, 0.25) is 5.02 Å². The minimum atomic E-state index is -0.636. The molecule has 0 saturated heterocycles. The first-order valence-electron chi connectivity index (χ1n) is 8.97. The lowest BCUT2D eigenvalue weighted by Gasteiger charge is -2.08. The standard InChI is InChI=1S/C23H18ClNO5/c1-29-20-4-2-3-17(13-20)22(27)25-19-11-7-16(8-12-19)23(28)30-14-21(26)15-5-9-18(24)10-6-15/h2-13H,14H2,1H3,(H,25,27). The van der Waals surface area contributed by atoms with Crippen molar-refractivity contribution in [2.24, 2.45) is 0 Å². The molecule has 1 N–H and O–H groups in total. The molecule has 3 rings (SSSR count). The molecule has 0 aromatic heterocycles. The smallest absolute Gasteiger partial charge is 0.338 e. The zero-order valence-electron chi connectivity index (χ0n) is 16.1. The van der Waals surface area contributed by atoms with Crippen LogP contribution in [0, 0.1) is 0 Å². The van der Waals surface area contributed by atoms with Crippen LogP contribution in [0.4, 0.5) is 5.69 Å². The Morgan fingerprint density at radius 1 is 0.867 bits per heavy atom. The zero-order valence-corrected chi connectivity index (χ0v) is 16.8. The van der Waals surface area contributed by atoms with E-state index in [1.54, 1.807) is 60.7 Å². The summed E-state index contributed by atoms with van der Waals surface area (Å²) in [6.07, 6.45) is 0. The Hall–Kier alpha value is -3.64. The highest BCUT2D eigenvalue weighted by molar-refractivity contribution is 6.30. The van der Waals surface area contributed by atoms with Crippen molar-refractivity contribution in [1.82, 2.24) is 0 Å². The first-order chi connectivity index (χ1) is 14.5. The maximum atomic E-state index is 12.3. The van der Waals surface area contributed by atoms with E-state index in [-0.39, 0.29) is 23.9 Å². The molecule has 6 nitrogen and oxygen atoms in total. The van der Waals surface area contributed by atoms with Crippen LogP contribution in [0.5, 0.6) is 5.75 Å². The Morgan fingerprint density at radius 3 is 2.20 bits per heavy atom. The molecular weight excluding hydrogens is 406 g/mol. The SMILES string of the molecule is COc1cccc(C(=O)Nc2ccc(C(=O)OCC(=O)c3ccc(Cl)cc3)cc2)c1. The number of methoxy groups -OCH3 is 1. The summed E-state index contributed by atoms with van der Waals surface area (Å²) < 4.78 is 10.2. The second-order valence-electron chi connectivity index (χ2n) is 6.27. The molecule has 0 saturated carbocycles. The highest BCUT2D eigenvalue weighted by atomic mass is 35.5. The molecule has 0 heterocycles. The molecule has 0 fully saturated rings. The lowest BCUT2D eigenvalue weighted by Crippen LogP contribution is -2.15. The number of nitrogens with one attached hydrogen (secondary N) is 1. The van der Waals surface area contributed by atoms with Gasteiger partial charge in [-0.25, -0.2) is 4.79 Å². The summed E-state index contributed by atoms with van der Waals surface area (Å²) in [5.41, 5.74) is 1.62. The normalized spacial score (nSPS) is 10.2. The third kappa shape index (κ3) is 5.46. The van der Waals surface area contributed by atoms with Gasteiger partial charge in [0, 0.05) is 21.8 Å². The first-order valence-corrected chi connectivity index (χ1v) is 9.35. The van der Waals surface area contributed by atoms with Gasteiger partial charge in [-0.3, -0.25) is 9.59 Å². The van der Waals surface area contributed by atoms with E-state index >= 15 is 0 Å². The van der Waals surface area contributed by atoms with Gasteiger partial charge in [0.2, 0.25) is 0 Å². The highest BCUT2D eigenvalue weighted by Crippen LogP contribution is 2.16. The largest absolute Gasteiger partial charge is 0.497 e. The molecule has 3 aromatic carbocycles. The number of anilines is 1. The third-order valence-corrected chi connectivity index (χ3v) is 4.46. The summed E-state index contributed by atoms with van der Waals surface area (Å²) in [5, 5.41) is 3.26. The van der Waals surface area contributed by atoms with Crippen LogP contribution in [0.3, 0.4) is 0 Å². The van der Waals surface area contributed by atoms with Crippen LogP contribution in [0.1, 0.15) is 31.1 Å². The van der Waals surface area contributed by atoms with Crippen molar-refractivity contribution in [1.29, 1.82) is 0 Å². The van der Waals surface area contributed by atoms with Crippen LogP contribution in [0.25, 0.3) is 0 Å². The van der Waals surface area contributed by atoms with Gasteiger partial charge in [0.05, 0.1) is 12.7 Å². The van der Waals surface area contributed by atoms with Gasteiger partial charge in [-0.2, -0.15) is 0 Å². The number of hydrogen-bond acceptors (Lipinski definition) is 5. The first kappa shape index (κ1) is 21.1. The fourth-order valence-electron chi connectivity index (χ4n) is 2.59. The number of carbonyl (C=O) groups is 3. The number of ketones is 1. The summed E-state index contributed by atoms with van der Waals surface area (Å²) in [5.74, 6) is -0.697. The number of amides is 1. The molecule has 3 aromatic rings. The van der Waals surface area contributed by atoms with Crippen molar-refractivity contribution < 1.29 is 23.9 Å². The third-order valence-electron chi connectivity index (χ3n) is 4.21. The van der Waals surface area contributed by atoms with Crippen molar-refractivity contribution in [2.45, 2.75) is 0 Å². The molecular formula is C23H18ClNO5. The van der Waals surface area contributed by atoms with Crippen molar-refractivity contribution in [3.63, 3.8) is 0 Å². The van der Waals surface area contributed by atoms with Gasteiger partial charge < -0.3 is 14.8 Å². The number of esters is 1. The Balaban J connectivity index is 1.56. The lowest BCUT2D eigenvalue weighted by atomic mass is 10.1.